The van der Waals surface area contributed by atoms with Crippen LogP contribution in [0.5, 0.6) is 0 Å². The number of hydrogen-bond donors (Lipinski definition) is 1. The minimum atomic E-state index is -0.903. The maximum Gasteiger partial charge on any atom is 0.291 e. The third-order valence-corrected chi connectivity index (χ3v) is 3.17. The van der Waals surface area contributed by atoms with Crippen LogP contribution < -0.4 is 5.32 Å². The van der Waals surface area contributed by atoms with E-state index in [1.807, 2.05) is 0 Å². The van der Waals surface area contributed by atoms with E-state index in [9.17, 15) is 18.0 Å². The number of amides is 1. The van der Waals surface area contributed by atoms with Gasteiger partial charge in [-0.2, -0.15) is 0 Å². The number of halogens is 3. The summed E-state index contributed by atoms with van der Waals surface area (Å²) in [6, 6.07) is 11.8. The van der Waals surface area contributed by atoms with Gasteiger partial charge in [-0.1, -0.05) is 18.2 Å². The number of rotatable bonds is 3. The molecule has 1 N–H and O–H groups in total. The maximum atomic E-state index is 13.7. The predicted octanol–water partition coefficient (Wildman–Crippen LogP) is 4.62. The van der Waals surface area contributed by atoms with E-state index in [0.717, 1.165) is 12.1 Å². The first kappa shape index (κ1) is 14.9. The van der Waals surface area contributed by atoms with Gasteiger partial charge < -0.3 is 9.73 Å². The second-order valence-electron chi connectivity index (χ2n) is 4.69. The van der Waals surface area contributed by atoms with E-state index in [2.05, 4.69) is 5.32 Å². The zero-order valence-corrected chi connectivity index (χ0v) is 11.6. The third kappa shape index (κ3) is 2.96. The summed E-state index contributed by atoms with van der Waals surface area (Å²) in [5.74, 6) is -3.20. The van der Waals surface area contributed by atoms with Crippen LogP contribution in [0, 0.1) is 17.5 Å². The van der Waals surface area contributed by atoms with Gasteiger partial charge in [-0.05, 0) is 36.4 Å². The topological polar surface area (TPSA) is 42.2 Å². The molecule has 0 aliphatic carbocycles. The largest absolute Gasteiger partial charge is 0.451 e. The number of benzene rings is 2. The molecule has 3 rings (SSSR count). The highest BCUT2D eigenvalue weighted by Crippen LogP contribution is 2.26. The normalized spacial score (nSPS) is 10.6. The Hall–Kier alpha value is -3.02. The quantitative estimate of drug-likeness (QED) is 0.766. The summed E-state index contributed by atoms with van der Waals surface area (Å²) in [6.07, 6.45) is 0. The molecule has 3 nitrogen and oxygen atoms in total. The zero-order chi connectivity index (χ0) is 16.4. The van der Waals surface area contributed by atoms with Gasteiger partial charge in [0.2, 0.25) is 0 Å². The lowest BCUT2D eigenvalue weighted by Gasteiger charge is -2.05. The molecule has 1 amide bonds. The molecule has 3 aromatic rings. The molecule has 1 aromatic heterocycles. The molecule has 0 unspecified atom stereocenters. The predicted molar refractivity (Wildman–Crippen MR) is 78.4 cm³/mol. The molecule has 0 bridgehead atoms. The van der Waals surface area contributed by atoms with Crippen LogP contribution in [0.25, 0.3) is 11.3 Å². The molecule has 0 aliphatic heterocycles. The number of carbonyl (C=O) groups excluding carboxylic acids is 1. The number of nitrogens with one attached hydrogen (secondary N) is 1. The van der Waals surface area contributed by atoms with Crippen LogP contribution in [0.3, 0.4) is 0 Å². The van der Waals surface area contributed by atoms with E-state index in [-0.39, 0.29) is 17.1 Å². The molecule has 0 aliphatic rings. The first-order valence-corrected chi connectivity index (χ1v) is 6.66. The highest BCUT2D eigenvalue weighted by atomic mass is 19.1. The molecule has 0 atom stereocenters. The van der Waals surface area contributed by atoms with Crippen LogP contribution in [0.4, 0.5) is 18.9 Å². The van der Waals surface area contributed by atoms with Gasteiger partial charge in [-0.15, -0.1) is 0 Å². The Bertz CT molecular complexity index is 854. The minimum absolute atomic E-state index is 0.141. The molecule has 0 radical (unpaired) electrons. The van der Waals surface area contributed by atoms with E-state index in [1.54, 1.807) is 6.07 Å². The molecule has 0 fully saturated rings. The maximum absolute atomic E-state index is 13.7. The summed E-state index contributed by atoms with van der Waals surface area (Å²) in [5.41, 5.74) is -0.384. The molecule has 6 heteroatoms. The molecule has 23 heavy (non-hydrogen) atoms. The van der Waals surface area contributed by atoms with E-state index in [4.69, 9.17) is 4.42 Å². The average molecular weight is 317 g/mol. The summed E-state index contributed by atoms with van der Waals surface area (Å²) in [4.78, 5) is 12.0. The second-order valence-corrected chi connectivity index (χ2v) is 4.69. The van der Waals surface area contributed by atoms with Gasteiger partial charge in [-0.3, -0.25) is 4.79 Å². The van der Waals surface area contributed by atoms with Crippen molar-refractivity contribution in [2.24, 2.45) is 0 Å². The lowest BCUT2D eigenvalue weighted by atomic mass is 10.1. The van der Waals surface area contributed by atoms with Crippen molar-refractivity contribution in [3.8, 4) is 11.3 Å². The summed E-state index contributed by atoms with van der Waals surface area (Å²) >= 11 is 0. The van der Waals surface area contributed by atoms with Crippen LogP contribution in [0.15, 0.2) is 59.0 Å². The van der Waals surface area contributed by atoms with Crippen molar-refractivity contribution in [3.05, 3.63) is 77.8 Å². The Morgan fingerprint density at radius 2 is 1.48 bits per heavy atom. The van der Waals surface area contributed by atoms with Crippen molar-refractivity contribution in [1.82, 2.24) is 0 Å². The number of carbonyl (C=O) groups is 1. The second kappa shape index (κ2) is 6.00. The van der Waals surface area contributed by atoms with Gasteiger partial charge in [0.15, 0.2) is 5.76 Å². The van der Waals surface area contributed by atoms with Crippen molar-refractivity contribution in [2.45, 2.75) is 0 Å². The van der Waals surface area contributed by atoms with Crippen LogP contribution in [-0.2, 0) is 0 Å². The van der Waals surface area contributed by atoms with Crippen molar-refractivity contribution >= 4 is 11.6 Å². The van der Waals surface area contributed by atoms with Gasteiger partial charge in [0.05, 0.1) is 5.56 Å². The Morgan fingerprint density at radius 1 is 0.826 bits per heavy atom. The first-order valence-electron chi connectivity index (χ1n) is 6.66. The summed E-state index contributed by atoms with van der Waals surface area (Å²) in [7, 11) is 0. The SMILES string of the molecule is O=C(Nc1c(F)cccc1F)c1ccc(-c2ccccc2F)o1. The molecule has 1 heterocycles. The van der Waals surface area contributed by atoms with Crippen LogP contribution >= 0.6 is 0 Å². The Kier molecular flexibility index (Phi) is 3.89. The van der Waals surface area contributed by atoms with Crippen molar-refractivity contribution < 1.29 is 22.4 Å². The molecular formula is C17H10F3NO2. The van der Waals surface area contributed by atoms with Crippen LogP contribution in [0.1, 0.15) is 10.6 Å². The standard InChI is InChI=1S/C17H10F3NO2/c18-11-5-2-1-4-10(11)14-8-9-15(23-14)17(22)21-16-12(19)6-3-7-13(16)20/h1-9H,(H,21,22). The van der Waals surface area contributed by atoms with Crippen LogP contribution in [-0.4, -0.2) is 5.91 Å². The van der Waals surface area contributed by atoms with Gasteiger partial charge in [0, 0.05) is 0 Å². The highest BCUT2D eigenvalue weighted by Gasteiger charge is 2.17. The number of hydrogen-bond acceptors (Lipinski definition) is 2. The summed E-state index contributed by atoms with van der Waals surface area (Å²) < 4.78 is 46.0. The van der Waals surface area contributed by atoms with E-state index < -0.39 is 29.0 Å². The molecule has 0 spiro atoms. The molecular weight excluding hydrogens is 307 g/mol. The number of para-hydroxylation sites is 1. The fraction of sp³-hybridized carbons (Fsp3) is 0. The monoisotopic (exact) mass is 317 g/mol. The average Bonchev–Trinajstić information content (AvgIpc) is 3.01. The summed E-state index contributed by atoms with van der Waals surface area (Å²) in [6.45, 7) is 0. The highest BCUT2D eigenvalue weighted by molar-refractivity contribution is 6.02. The Labute approximate surface area is 129 Å². The van der Waals surface area contributed by atoms with Gasteiger partial charge in [0.1, 0.15) is 28.9 Å². The Balaban J connectivity index is 1.86. The summed E-state index contributed by atoms with van der Waals surface area (Å²) in [5, 5.41) is 2.10. The zero-order valence-electron chi connectivity index (χ0n) is 11.6. The molecule has 116 valence electrons. The van der Waals surface area contributed by atoms with E-state index >= 15 is 0 Å². The fourth-order valence-electron chi connectivity index (χ4n) is 2.06. The molecule has 2 aromatic carbocycles. The lowest BCUT2D eigenvalue weighted by Crippen LogP contribution is -2.13. The van der Waals surface area contributed by atoms with E-state index in [1.165, 1.54) is 36.4 Å². The lowest BCUT2D eigenvalue weighted by molar-refractivity contribution is 0.0996. The fourth-order valence-corrected chi connectivity index (χ4v) is 2.06. The smallest absolute Gasteiger partial charge is 0.291 e. The molecule has 0 saturated heterocycles. The first-order chi connectivity index (χ1) is 11.1. The third-order valence-electron chi connectivity index (χ3n) is 3.17. The number of anilines is 1. The van der Waals surface area contributed by atoms with Gasteiger partial charge in [0.25, 0.3) is 5.91 Å². The number of furan rings is 1. The van der Waals surface area contributed by atoms with Crippen molar-refractivity contribution in [2.75, 3.05) is 5.32 Å². The van der Waals surface area contributed by atoms with Crippen LogP contribution in [0.2, 0.25) is 0 Å². The van der Waals surface area contributed by atoms with Gasteiger partial charge >= 0.3 is 0 Å². The van der Waals surface area contributed by atoms with E-state index in [0.29, 0.717) is 0 Å². The van der Waals surface area contributed by atoms with Crippen molar-refractivity contribution in [3.63, 3.8) is 0 Å². The van der Waals surface area contributed by atoms with Gasteiger partial charge in [-0.25, -0.2) is 13.2 Å². The molecule has 0 saturated carbocycles. The minimum Gasteiger partial charge on any atom is -0.451 e. The van der Waals surface area contributed by atoms with Crippen molar-refractivity contribution in [1.29, 1.82) is 0 Å². The Morgan fingerprint density at radius 3 is 2.17 bits per heavy atom.